The summed E-state index contributed by atoms with van der Waals surface area (Å²) in [7, 11) is 1.64. The van der Waals surface area contributed by atoms with E-state index in [2.05, 4.69) is 5.32 Å². The Morgan fingerprint density at radius 1 is 0.933 bits per heavy atom. The monoisotopic (exact) mass is 405 g/mol. The van der Waals surface area contributed by atoms with E-state index in [1.54, 1.807) is 43.5 Å². The molecule has 154 valence electrons. The lowest BCUT2D eigenvalue weighted by atomic mass is 10.1. The highest BCUT2D eigenvalue weighted by Crippen LogP contribution is 2.25. The number of phenolic OH excluding ortho intramolecular Hbond substituents is 2. The zero-order valence-electron chi connectivity index (χ0n) is 16.5. The van der Waals surface area contributed by atoms with Gasteiger partial charge in [-0.3, -0.25) is 4.79 Å². The maximum atomic E-state index is 12.0. The largest absolute Gasteiger partial charge is 0.504 e. The van der Waals surface area contributed by atoms with Gasteiger partial charge in [-0.2, -0.15) is 0 Å². The summed E-state index contributed by atoms with van der Waals surface area (Å²) in [6.45, 7) is 0.542. The number of rotatable bonds is 8. The van der Waals surface area contributed by atoms with Gasteiger partial charge in [-0.1, -0.05) is 18.2 Å². The lowest BCUT2D eigenvalue weighted by molar-refractivity contribution is -0.111. The van der Waals surface area contributed by atoms with E-state index in [0.717, 1.165) is 23.5 Å². The number of aromatic hydroxyl groups is 2. The molecule has 0 fully saturated rings. The molecular formula is C24H23NO5. The molecule has 0 aliphatic heterocycles. The van der Waals surface area contributed by atoms with Crippen LogP contribution >= 0.6 is 0 Å². The van der Waals surface area contributed by atoms with Gasteiger partial charge in [-0.15, -0.1) is 0 Å². The Morgan fingerprint density at radius 3 is 2.30 bits per heavy atom. The van der Waals surface area contributed by atoms with Crippen LogP contribution in [0.3, 0.4) is 0 Å². The van der Waals surface area contributed by atoms with Crippen molar-refractivity contribution >= 4 is 17.7 Å². The smallest absolute Gasteiger partial charge is 0.248 e. The van der Waals surface area contributed by atoms with Gasteiger partial charge in [0, 0.05) is 18.2 Å². The van der Waals surface area contributed by atoms with Gasteiger partial charge in [-0.05, 0) is 65.7 Å². The molecule has 30 heavy (non-hydrogen) atoms. The highest BCUT2D eigenvalue weighted by molar-refractivity contribution is 6.01. The van der Waals surface area contributed by atoms with Gasteiger partial charge in [0.25, 0.3) is 0 Å². The number of hydrogen-bond acceptors (Lipinski definition) is 5. The van der Waals surface area contributed by atoms with E-state index in [0.29, 0.717) is 17.9 Å². The molecule has 0 atom stereocenters. The van der Waals surface area contributed by atoms with Gasteiger partial charge in [0.2, 0.25) is 5.91 Å². The Labute approximate surface area is 175 Å². The molecule has 6 heteroatoms. The third-order valence-electron chi connectivity index (χ3n) is 4.37. The Hall–Kier alpha value is -3.93. The first kappa shape index (κ1) is 20.8. The van der Waals surface area contributed by atoms with E-state index in [1.807, 2.05) is 24.3 Å². The van der Waals surface area contributed by atoms with E-state index in [9.17, 15) is 15.0 Å². The van der Waals surface area contributed by atoms with E-state index in [4.69, 9.17) is 9.47 Å². The van der Waals surface area contributed by atoms with E-state index in [-0.39, 0.29) is 17.4 Å². The molecule has 0 aliphatic carbocycles. The van der Waals surface area contributed by atoms with Crippen LogP contribution in [0.15, 0.2) is 72.8 Å². The first-order valence-electron chi connectivity index (χ1n) is 9.40. The molecule has 1 amide bonds. The standard InChI is InChI=1S/C24H23NO5/c1-29-20-8-2-17(3-9-20)14-15-30-21-10-6-19(7-11-21)25-24(28)13-5-18-4-12-22(26)23(27)16-18/h2-13,16,26-27H,14-15H2,1H3,(H,25,28)/b13-5+. The van der Waals surface area contributed by atoms with Crippen molar-refractivity contribution in [1.82, 2.24) is 0 Å². The van der Waals surface area contributed by atoms with Gasteiger partial charge in [0.1, 0.15) is 11.5 Å². The summed E-state index contributed by atoms with van der Waals surface area (Å²) in [5, 5.41) is 21.5. The van der Waals surface area contributed by atoms with E-state index >= 15 is 0 Å². The van der Waals surface area contributed by atoms with Gasteiger partial charge in [-0.25, -0.2) is 0 Å². The van der Waals surface area contributed by atoms with Crippen LogP contribution in [0.4, 0.5) is 5.69 Å². The number of carbonyl (C=O) groups is 1. The fourth-order valence-corrected chi connectivity index (χ4v) is 2.71. The molecule has 0 aliphatic rings. The van der Waals surface area contributed by atoms with Crippen LogP contribution < -0.4 is 14.8 Å². The number of nitrogens with one attached hydrogen (secondary N) is 1. The highest BCUT2D eigenvalue weighted by Gasteiger charge is 2.02. The predicted octanol–water partition coefficient (Wildman–Crippen LogP) is 4.38. The first-order valence-corrected chi connectivity index (χ1v) is 9.40. The Bertz CT molecular complexity index is 1010. The molecule has 0 heterocycles. The van der Waals surface area contributed by atoms with Crippen LogP contribution in [0.1, 0.15) is 11.1 Å². The van der Waals surface area contributed by atoms with Gasteiger partial charge in [0.05, 0.1) is 13.7 Å². The molecule has 0 bridgehead atoms. The second kappa shape index (κ2) is 10.0. The highest BCUT2D eigenvalue weighted by atomic mass is 16.5. The number of amides is 1. The van der Waals surface area contributed by atoms with Gasteiger partial charge >= 0.3 is 0 Å². The van der Waals surface area contributed by atoms with Crippen molar-refractivity contribution in [3.8, 4) is 23.0 Å². The molecule has 0 saturated carbocycles. The minimum Gasteiger partial charge on any atom is -0.504 e. The number of anilines is 1. The van der Waals surface area contributed by atoms with Gasteiger partial charge in [0.15, 0.2) is 11.5 Å². The van der Waals surface area contributed by atoms with Crippen molar-refractivity contribution in [2.45, 2.75) is 6.42 Å². The summed E-state index contributed by atoms with van der Waals surface area (Å²) in [5.41, 5.74) is 2.40. The normalized spacial score (nSPS) is 10.7. The minimum absolute atomic E-state index is 0.206. The zero-order valence-corrected chi connectivity index (χ0v) is 16.5. The molecule has 0 radical (unpaired) electrons. The molecule has 3 aromatic carbocycles. The Kier molecular flexibility index (Phi) is 6.95. The maximum Gasteiger partial charge on any atom is 0.248 e. The van der Waals surface area contributed by atoms with Crippen molar-refractivity contribution in [3.05, 3.63) is 83.9 Å². The Morgan fingerprint density at radius 2 is 1.63 bits per heavy atom. The molecule has 0 unspecified atom stereocenters. The molecule has 6 nitrogen and oxygen atoms in total. The topological polar surface area (TPSA) is 88.0 Å². The first-order chi connectivity index (χ1) is 14.5. The van der Waals surface area contributed by atoms with Crippen molar-refractivity contribution in [2.24, 2.45) is 0 Å². The zero-order chi connectivity index (χ0) is 21.3. The third-order valence-corrected chi connectivity index (χ3v) is 4.37. The second-order valence-corrected chi connectivity index (χ2v) is 6.54. The Balaban J connectivity index is 1.46. The average molecular weight is 405 g/mol. The van der Waals surface area contributed by atoms with E-state index < -0.39 is 0 Å². The number of benzene rings is 3. The molecule has 0 spiro atoms. The summed E-state index contributed by atoms with van der Waals surface area (Å²) in [6, 6.07) is 19.3. The summed E-state index contributed by atoms with van der Waals surface area (Å²) in [5.74, 6) is 0.795. The lowest BCUT2D eigenvalue weighted by Crippen LogP contribution is -2.07. The van der Waals surface area contributed by atoms with Crippen LogP contribution in [0, 0.1) is 0 Å². The fraction of sp³-hybridized carbons (Fsp3) is 0.125. The number of hydrogen-bond donors (Lipinski definition) is 3. The molecule has 0 aromatic heterocycles. The summed E-state index contributed by atoms with van der Waals surface area (Å²) in [6.07, 6.45) is 3.68. The van der Waals surface area contributed by atoms with Crippen molar-refractivity contribution in [1.29, 1.82) is 0 Å². The lowest BCUT2D eigenvalue weighted by Gasteiger charge is -2.08. The number of methoxy groups -OCH3 is 1. The number of phenols is 2. The molecular weight excluding hydrogens is 382 g/mol. The van der Waals surface area contributed by atoms with Crippen LogP contribution in [-0.2, 0) is 11.2 Å². The summed E-state index contributed by atoms with van der Waals surface area (Å²) in [4.78, 5) is 12.0. The van der Waals surface area contributed by atoms with Crippen LogP contribution in [-0.4, -0.2) is 29.8 Å². The predicted molar refractivity (Wildman–Crippen MR) is 116 cm³/mol. The summed E-state index contributed by atoms with van der Waals surface area (Å²) >= 11 is 0. The second-order valence-electron chi connectivity index (χ2n) is 6.54. The van der Waals surface area contributed by atoms with Crippen molar-refractivity contribution in [2.75, 3.05) is 19.0 Å². The average Bonchev–Trinajstić information content (AvgIpc) is 2.76. The van der Waals surface area contributed by atoms with Crippen molar-refractivity contribution in [3.63, 3.8) is 0 Å². The molecule has 3 aromatic rings. The fourth-order valence-electron chi connectivity index (χ4n) is 2.71. The van der Waals surface area contributed by atoms with Crippen LogP contribution in [0.5, 0.6) is 23.0 Å². The van der Waals surface area contributed by atoms with E-state index in [1.165, 1.54) is 18.2 Å². The SMILES string of the molecule is COc1ccc(CCOc2ccc(NC(=O)/C=C/c3ccc(O)c(O)c3)cc2)cc1. The van der Waals surface area contributed by atoms with Crippen LogP contribution in [0.25, 0.3) is 6.08 Å². The molecule has 3 rings (SSSR count). The molecule has 3 N–H and O–H groups in total. The number of carbonyl (C=O) groups excluding carboxylic acids is 1. The number of ether oxygens (including phenoxy) is 2. The quantitative estimate of drug-likeness (QED) is 0.382. The minimum atomic E-state index is -0.310. The summed E-state index contributed by atoms with van der Waals surface area (Å²) < 4.78 is 10.9. The van der Waals surface area contributed by atoms with Gasteiger partial charge < -0.3 is 25.0 Å². The maximum absolute atomic E-state index is 12.0. The van der Waals surface area contributed by atoms with Crippen LogP contribution in [0.2, 0.25) is 0 Å². The third kappa shape index (κ3) is 6.04. The van der Waals surface area contributed by atoms with Crippen molar-refractivity contribution < 1.29 is 24.5 Å². The molecule has 0 saturated heterocycles.